The van der Waals surface area contributed by atoms with Crippen LogP contribution in [0.15, 0.2) is 54.7 Å². The lowest BCUT2D eigenvalue weighted by Crippen LogP contribution is -2.41. The molecule has 0 atom stereocenters. The molecule has 26 heavy (non-hydrogen) atoms. The molecule has 2 aromatic carbocycles. The predicted molar refractivity (Wildman–Crippen MR) is 103 cm³/mol. The summed E-state index contributed by atoms with van der Waals surface area (Å²) in [4.78, 5) is 24.7. The maximum absolute atomic E-state index is 12.5. The van der Waals surface area contributed by atoms with Crippen LogP contribution in [-0.4, -0.2) is 16.4 Å². The maximum Gasteiger partial charge on any atom is 0.271 e. The Morgan fingerprint density at radius 1 is 0.885 bits per heavy atom. The van der Waals surface area contributed by atoms with Crippen LogP contribution < -0.4 is 10.9 Å². The Bertz CT molecular complexity index is 963. The van der Waals surface area contributed by atoms with E-state index < -0.39 is 0 Å². The highest BCUT2D eigenvalue weighted by Crippen LogP contribution is 2.22. The molecule has 2 N–H and O–H groups in total. The zero-order chi connectivity index (χ0) is 18.9. The van der Waals surface area contributed by atoms with Gasteiger partial charge in [-0.25, -0.2) is 0 Å². The lowest BCUT2D eigenvalue weighted by atomic mass is 9.87. The molecule has 5 nitrogen and oxygen atoms in total. The zero-order valence-electron chi connectivity index (χ0n) is 15.5. The molecule has 1 heterocycles. The van der Waals surface area contributed by atoms with Crippen molar-refractivity contribution in [3.05, 3.63) is 71.4 Å². The van der Waals surface area contributed by atoms with Crippen molar-refractivity contribution in [2.75, 3.05) is 0 Å². The first kappa shape index (κ1) is 17.7. The Hall–Kier alpha value is -3.08. The van der Waals surface area contributed by atoms with E-state index in [1.54, 1.807) is 18.3 Å². The highest BCUT2D eigenvalue weighted by molar-refractivity contribution is 6.07. The molecule has 0 aliphatic carbocycles. The van der Waals surface area contributed by atoms with Crippen molar-refractivity contribution in [2.45, 2.75) is 26.2 Å². The van der Waals surface area contributed by atoms with E-state index in [2.05, 4.69) is 31.6 Å². The average molecular weight is 349 g/mol. The molecule has 0 bridgehead atoms. The first-order valence-electron chi connectivity index (χ1n) is 8.52. The van der Waals surface area contributed by atoms with E-state index in [9.17, 15) is 9.59 Å². The molecule has 5 heteroatoms. The standard InChI is InChI=1S/C21H23N3O2/c1-21(2,3)15-11-9-14(10-12-15)19(25)22-23-20(26)17-13-24(4)18-8-6-5-7-16(17)18/h5-13H,1-4H3,(H,22,25)(H,23,26). The third kappa shape index (κ3) is 3.47. The van der Waals surface area contributed by atoms with Crippen LogP contribution >= 0.6 is 0 Å². The minimum Gasteiger partial charge on any atom is -0.350 e. The Balaban J connectivity index is 1.70. The number of hydrazine groups is 1. The lowest BCUT2D eigenvalue weighted by Gasteiger charge is -2.19. The number of nitrogens with one attached hydrogen (secondary N) is 2. The molecule has 0 saturated heterocycles. The summed E-state index contributed by atoms with van der Waals surface area (Å²) < 4.78 is 1.89. The van der Waals surface area contributed by atoms with E-state index in [0.29, 0.717) is 11.1 Å². The van der Waals surface area contributed by atoms with Crippen LogP contribution in [0, 0.1) is 0 Å². The summed E-state index contributed by atoms with van der Waals surface area (Å²) in [5.74, 6) is -0.694. The molecule has 0 aliphatic rings. The molecule has 134 valence electrons. The topological polar surface area (TPSA) is 63.1 Å². The van der Waals surface area contributed by atoms with Gasteiger partial charge in [0.1, 0.15) is 0 Å². The minimum absolute atomic E-state index is 0.0254. The molecule has 0 unspecified atom stereocenters. The van der Waals surface area contributed by atoms with Gasteiger partial charge in [0.05, 0.1) is 5.56 Å². The summed E-state index contributed by atoms with van der Waals surface area (Å²) >= 11 is 0. The molecule has 0 spiro atoms. The number of para-hydroxylation sites is 1. The van der Waals surface area contributed by atoms with Gasteiger partial charge in [-0.1, -0.05) is 51.1 Å². The molecule has 0 aliphatic heterocycles. The lowest BCUT2D eigenvalue weighted by molar-refractivity contribution is 0.0847. The van der Waals surface area contributed by atoms with Crippen LogP contribution in [-0.2, 0) is 12.5 Å². The highest BCUT2D eigenvalue weighted by atomic mass is 16.2. The third-order valence-electron chi connectivity index (χ3n) is 4.44. The van der Waals surface area contributed by atoms with Gasteiger partial charge in [0.25, 0.3) is 11.8 Å². The smallest absolute Gasteiger partial charge is 0.271 e. The van der Waals surface area contributed by atoms with Crippen LogP contribution in [0.2, 0.25) is 0 Å². The summed E-state index contributed by atoms with van der Waals surface area (Å²) in [5.41, 5.74) is 8.13. The van der Waals surface area contributed by atoms with Crippen molar-refractivity contribution in [2.24, 2.45) is 7.05 Å². The fourth-order valence-corrected chi connectivity index (χ4v) is 2.90. The van der Waals surface area contributed by atoms with Crippen molar-refractivity contribution in [1.82, 2.24) is 15.4 Å². The van der Waals surface area contributed by atoms with E-state index in [0.717, 1.165) is 16.5 Å². The van der Waals surface area contributed by atoms with Gasteiger partial charge in [-0.2, -0.15) is 0 Å². The summed E-state index contributed by atoms with van der Waals surface area (Å²) in [6.45, 7) is 6.35. The minimum atomic E-state index is -0.348. The molecular formula is C21H23N3O2. The molecule has 1 aromatic heterocycles. The van der Waals surface area contributed by atoms with Gasteiger partial charge in [0.15, 0.2) is 0 Å². The van der Waals surface area contributed by atoms with Gasteiger partial charge in [-0.3, -0.25) is 20.4 Å². The molecular weight excluding hydrogens is 326 g/mol. The quantitative estimate of drug-likeness (QED) is 0.695. The molecule has 3 rings (SSSR count). The van der Waals surface area contributed by atoms with E-state index in [1.807, 2.05) is 48.0 Å². The molecule has 2 amide bonds. The van der Waals surface area contributed by atoms with Crippen molar-refractivity contribution < 1.29 is 9.59 Å². The van der Waals surface area contributed by atoms with E-state index in [-0.39, 0.29) is 17.2 Å². The third-order valence-corrected chi connectivity index (χ3v) is 4.44. The number of carbonyl (C=O) groups excluding carboxylic acids is 2. The predicted octanol–water partition coefficient (Wildman–Crippen LogP) is 3.55. The Morgan fingerprint density at radius 2 is 1.50 bits per heavy atom. The number of nitrogens with zero attached hydrogens (tertiary/aromatic N) is 1. The molecule has 3 aromatic rings. The summed E-state index contributed by atoms with van der Waals surface area (Å²) in [7, 11) is 1.88. The Morgan fingerprint density at radius 3 is 2.15 bits per heavy atom. The molecule has 0 fully saturated rings. The van der Waals surface area contributed by atoms with Crippen molar-refractivity contribution in [1.29, 1.82) is 0 Å². The number of aryl methyl sites for hydroxylation is 1. The van der Waals surface area contributed by atoms with Crippen LogP contribution in [0.1, 0.15) is 47.1 Å². The summed E-state index contributed by atoms with van der Waals surface area (Å²) in [6.07, 6.45) is 1.75. The summed E-state index contributed by atoms with van der Waals surface area (Å²) in [5, 5.41) is 0.844. The second kappa shape index (κ2) is 6.67. The molecule has 0 saturated carbocycles. The number of hydrogen-bond acceptors (Lipinski definition) is 2. The van der Waals surface area contributed by atoms with Crippen LogP contribution in [0.25, 0.3) is 10.9 Å². The largest absolute Gasteiger partial charge is 0.350 e. The number of aromatic nitrogens is 1. The average Bonchev–Trinajstić information content (AvgIpc) is 2.96. The highest BCUT2D eigenvalue weighted by Gasteiger charge is 2.16. The number of carbonyl (C=O) groups is 2. The van der Waals surface area contributed by atoms with Crippen molar-refractivity contribution >= 4 is 22.7 Å². The van der Waals surface area contributed by atoms with Crippen LogP contribution in [0.3, 0.4) is 0 Å². The van der Waals surface area contributed by atoms with E-state index in [4.69, 9.17) is 0 Å². The monoisotopic (exact) mass is 349 g/mol. The van der Waals surface area contributed by atoms with E-state index in [1.165, 1.54) is 0 Å². The second-order valence-electron chi connectivity index (χ2n) is 7.41. The zero-order valence-corrected chi connectivity index (χ0v) is 15.5. The Kier molecular flexibility index (Phi) is 4.55. The van der Waals surface area contributed by atoms with Gasteiger partial charge in [-0.05, 0) is 29.2 Å². The second-order valence-corrected chi connectivity index (χ2v) is 7.41. The van der Waals surface area contributed by atoms with E-state index >= 15 is 0 Å². The van der Waals surface area contributed by atoms with Gasteiger partial charge in [-0.15, -0.1) is 0 Å². The number of rotatable bonds is 2. The number of benzene rings is 2. The first-order chi connectivity index (χ1) is 12.3. The SMILES string of the molecule is Cn1cc(C(=O)NNC(=O)c2ccc(C(C)(C)C)cc2)c2ccccc21. The molecule has 0 radical (unpaired) electrons. The van der Waals surface area contributed by atoms with Crippen LogP contribution in [0.4, 0.5) is 0 Å². The van der Waals surface area contributed by atoms with Gasteiger partial charge in [0, 0.05) is 29.7 Å². The van der Waals surface area contributed by atoms with Gasteiger partial charge >= 0.3 is 0 Å². The summed E-state index contributed by atoms with van der Waals surface area (Å²) in [6, 6.07) is 15.0. The number of fused-ring (bicyclic) bond motifs is 1. The van der Waals surface area contributed by atoms with Crippen LogP contribution in [0.5, 0.6) is 0 Å². The first-order valence-corrected chi connectivity index (χ1v) is 8.52. The fourth-order valence-electron chi connectivity index (χ4n) is 2.90. The Labute approximate surface area is 153 Å². The maximum atomic E-state index is 12.5. The fraction of sp³-hybridized carbons (Fsp3) is 0.238. The normalized spacial score (nSPS) is 11.4. The van der Waals surface area contributed by atoms with Gasteiger partial charge in [0.2, 0.25) is 0 Å². The van der Waals surface area contributed by atoms with Gasteiger partial charge < -0.3 is 4.57 Å². The number of amides is 2. The van der Waals surface area contributed by atoms with Crippen molar-refractivity contribution in [3.63, 3.8) is 0 Å². The number of hydrogen-bond donors (Lipinski definition) is 2. The van der Waals surface area contributed by atoms with Crippen molar-refractivity contribution in [3.8, 4) is 0 Å².